The van der Waals surface area contributed by atoms with E-state index in [1.54, 1.807) is 50.3 Å². The van der Waals surface area contributed by atoms with E-state index in [1.165, 1.54) is 6.08 Å². The maximum absolute atomic E-state index is 12.8. The Labute approximate surface area is 253 Å². The van der Waals surface area contributed by atoms with Crippen LogP contribution in [0.5, 0.6) is 5.75 Å². The molecule has 0 aromatic heterocycles. The summed E-state index contributed by atoms with van der Waals surface area (Å²) in [6.07, 6.45) is 1.23. The number of hydrogen-bond donors (Lipinski definition) is 2. The zero-order valence-electron chi connectivity index (χ0n) is 22.3. The molecule has 2 aromatic rings. The van der Waals surface area contributed by atoms with Crippen molar-refractivity contribution in [2.75, 3.05) is 0 Å². The monoisotopic (exact) mass is 740 g/mol. The second kappa shape index (κ2) is 15.8. The summed E-state index contributed by atoms with van der Waals surface area (Å²) in [5.41, 5.74) is 1.33. The molecule has 9 heteroatoms. The summed E-state index contributed by atoms with van der Waals surface area (Å²) in [4.78, 5) is 0. The van der Waals surface area contributed by atoms with Crippen molar-refractivity contribution in [1.29, 1.82) is 10.7 Å². The van der Waals surface area contributed by atoms with Crippen molar-refractivity contribution < 1.29 is 44.1 Å². The van der Waals surface area contributed by atoms with E-state index in [9.17, 15) is 18.4 Å². The Hall–Kier alpha value is -2.91. The van der Waals surface area contributed by atoms with E-state index in [2.05, 4.69) is 19.2 Å². The molecule has 0 saturated heterocycles. The van der Waals surface area contributed by atoms with Crippen molar-refractivity contribution in [3.8, 4) is 11.8 Å². The third kappa shape index (κ3) is 9.93. The van der Waals surface area contributed by atoms with E-state index in [-0.39, 0.29) is 39.8 Å². The quantitative estimate of drug-likeness (QED) is 0.146. The molecule has 2 N–H and O–H groups in total. The van der Waals surface area contributed by atoms with Crippen LogP contribution in [0.25, 0.3) is 0 Å². The van der Waals surface area contributed by atoms with Gasteiger partial charge in [0.05, 0.1) is 18.6 Å². The summed E-state index contributed by atoms with van der Waals surface area (Å²) in [7, 11) is 0. The molecule has 1 fully saturated rings. The number of nitriles is 1. The number of aliphatic hydroxyl groups excluding tert-OH is 1. The van der Waals surface area contributed by atoms with Gasteiger partial charge in [-0.05, 0) is 46.7 Å². The van der Waals surface area contributed by atoms with Crippen LogP contribution < -0.4 is 4.74 Å². The first-order valence-corrected chi connectivity index (χ1v) is 12.6. The predicted molar refractivity (Wildman–Crippen MR) is 149 cm³/mol. The molecular weight excluding hydrogens is 709 g/mol. The van der Waals surface area contributed by atoms with Crippen LogP contribution in [-0.4, -0.2) is 17.0 Å². The van der Waals surface area contributed by atoms with E-state index >= 15 is 0 Å². The molecule has 0 bridgehead atoms. The van der Waals surface area contributed by atoms with Gasteiger partial charge in [0.25, 0.3) is 0 Å². The first-order chi connectivity index (χ1) is 18.4. The van der Waals surface area contributed by atoms with E-state index < -0.39 is 34.4 Å². The van der Waals surface area contributed by atoms with Gasteiger partial charge in [-0.1, -0.05) is 93.2 Å². The van der Waals surface area contributed by atoms with E-state index in [4.69, 9.17) is 26.9 Å². The number of nitrogens with one attached hydrogen (secondary N) is 1. The van der Waals surface area contributed by atoms with E-state index in [1.807, 2.05) is 30.3 Å². The molecule has 212 valence electrons. The number of hydrogen-bond acceptors (Lipinski definition) is 4. The van der Waals surface area contributed by atoms with Crippen LogP contribution in [0, 0.1) is 34.0 Å². The Morgan fingerprint density at radius 3 is 2.35 bits per heavy atom. The molecule has 0 heterocycles. The molecule has 0 amide bonds. The maximum Gasteiger partial charge on any atom is 0.426 e. The minimum atomic E-state index is -4.60. The van der Waals surface area contributed by atoms with Crippen LogP contribution in [0.2, 0.25) is 0 Å². The third-order valence-electron chi connectivity index (χ3n) is 6.47. The average Bonchev–Trinajstić information content (AvgIpc) is 3.46. The molecule has 2 aromatic carbocycles. The Balaban J connectivity index is 0.000000761. The van der Waals surface area contributed by atoms with E-state index in [0.29, 0.717) is 17.1 Å². The fourth-order valence-corrected chi connectivity index (χ4v) is 4.40. The zero-order valence-corrected chi connectivity index (χ0v) is 26.0. The topological polar surface area (TPSA) is 77.1 Å². The Kier molecular flexibility index (Phi) is 13.8. The largest absolute Gasteiger partial charge is 0.457 e. The van der Waals surface area contributed by atoms with Crippen LogP contribution >= 0.6 is 11.6 Å². The Bertz CT molecular complexity index is 1270. The first-order valence-electron chi connectivity index (χ1n) is 12.2. The van der Waals surface area contributed by atoms with Gasteiger partial charge in [-0.3, -0.25) is 0 Å². The Morgan fingerprint density at radius 2 is 1.85 bits per heavy atom. The fraction of sp³-hybridized carbons (Fsp3) is 0.290. The van der Waals surface area contributed by atoms with Crippen molar-refractivity contribution in [3.05, 3.63) is 114 Å². The number of alkyl halides is 3. The summed E-state index contributed by atoms with van der Waals surface area (Å²) >= 11 is 5.39. The summed E-state index contributed by atoms with van der Waals surface area (Å²) in [6.45, 7) is 11.0. The molecule has 1 aliphatic rings. The molecule has 4 nitrogen and oxygen atoms in total. The van der Waals surface area contributed by atoms with Gasteiger partial charge in [0, 0.05) is 39.1 Å². The smallest absolute Gasteiger partial charge is 0.426 e. The molecule has 3 unspecified atom stereocenters. The predicted octanol–water partition coefficient (Wildman–Crippen LogP) is 8.47. The molecule has 0 aliphatic heterocycles. The number of nitrogens with zero attached hydrogens (tertiary/aromatic N) is 1. The summed E-state index contributed by atoms with van der Waals surface area (Å²) in [5, 5.41) is 25.5. The Morgan fingerprint density at radius 1 is 1.20 bits per heavy atom. The molecule has 0 spiro atoms. The van der Waals surface area contributed by atoms with Gasteiger partial charge < -0.3 is 15.3 Å². The molecule has 1 saturated carbocycles. The normalized spacial score (nSPS) is 18.6. The van der Waals surface area contributed by atoms with Gasteiger partial charge in [0.15, 0.2) is 0 Å². The van der Waals surface area contributed by atoms with Crippen LogP contribution in [0.4, 0.5) is 13.2 Å². The molecule has 40 heavy (non-hydrogen) atoms. The van der Waals surface area contributed by atoms with Crippen LogP contribution in [0.15, 0.2) is 103 Å². The number of benzene rings is 2. The zero-order chi connectivity index (χ0) is 29.2. The van der Waals surface area contributed by atoms with Crippen molar-refractivity contribution in [2.45, 2.75) is 39.0 Å². The number of allylic oxidation sites excluding steroid dienone is 5. The second-order valence-electron chi connectivity index (χ2n) is 9.58. The number of aliphatic hydroxyl groups is 1. The van der Waals surface area contributed by atoms with Crippen LogP contribution in [0.3, 0.4) is 0 Å². The van der Waals surface area contributed by atoms with Crippen molar-refractivity contribution >= 4 is 17.3 Å². The molecule has 3 atom stereocenters. The van der Waals surface area contributed by atoms with Crippen LogP contribution in [0.1, 0.15) is 37.3 Å². The van der Waals surface area contributed by atoms with Gasteiger partial charge in [-0.15, -0.1) is 0 Å². The molecule has 0 radical (unpaired) electrons. The van der Waals surface area contributed by atoms with Gasteiger partial charge in [0.2, 0.25) is 0 Å². The van der Waals surface area contributed by atoms with Gasteiger partial charge in [0.1, 0.15) is 16.5 Å². The number of ether oxygens (including phenoxy) is 1. The second-order valence-corrected chi connectivity index (χ2v) is 9.98. The van der Waals surface area contributed by atoms with Gasteiger partial charge >= 0.3 is 6.18 Å². The van der Waals surface area contributed by atoms with Gasteiger partial charge in [-0.25, -0.2) is 0 Å². The average molecular weight is 741 g/mol. The van der Waals surface area contributed by atoms with Crippen molar-refractivity contribution in [2.24, 2.45) is 17.3 Å². The first kappa shape index (κ1) is 35.1. The van der Waals surface area contributed by atoms with Crippen LogP contribution in [-0.2, 0) is 27.7 Å². The molecule has 3 rings (SSSR count). The van der Waals surface area contributed by atoms with Gasteiger partial charge in [-0.2, -0.15) is 18.4 Å². The minimum Gasteiger partial charge on any atom is -0.457 e. The SMILES string of the molecule is C=C/C=C(\C=C)Oc1cccc(C(C#N)CC(=N)C2C(/C=C(\Cl)C(F)(F)F)C2(C)C)c1.OCc1ccccc1.[W]. The maximum atomic E-state index is 12.8. The third-order valence-corrected chi connectivity index (χ3v) is 6.81. The summed E-state index contributed by atoms with van der Waals surface area (Å²) < 4.78 is 44.1. The molecular formula is C31H32ClF3N2O2W. The fourth-order valence-electron chi connectivity index (χ4n) is 4.27. The number of rotatable bonds is 10. The van der Waals surface area contributed by atoms with Crippen molar-refractivity contribution in [1.82, 2.24) is 0 Å². The van der Waals surface area contributed by atoms with E-state index in [0.717, 1.165) is 11.6 Å². The number of halogens is 4. The van der Waals surface area contributed by atoms with Crippen molar-refractivity contribution in [3.63, 3.8) is 0 Å². The summed E-state index contributed by atoms with van der Waals surface area (Å²) in [5.74, 6) is -0.541. The molecule has 1 aliphatic carbocycles. The minimum absolute atomic E-state index is 0. The summed E-state index contributed by atoms with van der Waals surface area (Å²) in [6, 6.07) is 18.6. The standard InChI is InChI=1S/C24H24ClF3N2O.C7H8O.W/c1-5-8-17(6-2)31-18-10-7-9-15(11-18)16(14-29)12-20(30)22-19(23(22,3)4)13-21(25)24(26,27)28;8-6-7-4-2-1-3-5-7;/h5-11,13,16,19,22,30H,1-2,12H2,3-4H3;1-5,8H,6H2;/b17-8+,21-13-,30-20?;;.